The largest absolute Gasteiger partial charge is 0.0713 e. The van der Waals surface area contributed by atoms with E-state index in [1.807, 2.05) is 0 Å². The highest BCUT2D eigenvalue weighted by molar-refractivity contribution is 6.15. The Morgan fingerprint density at radius 2 is 0.976 bits per heavy atom. The van der Waals surface area contributed by atoms with Crippen LogP contribution in [0.15, 0.2) is 146 Å². The van der Waals surface area contributed by atoms with Crippen molar-refractivity contribution in [1.82, 2.24) is 0 Å². The maximum absolute atomic E-state index is 2.48. The summed E-state index contributed by atoms with van der Waals surface area (Å²) in [6.07, 6.45) is 0. The van der Waals surface area contributed by atoms with Crippen molar-refractivity contribution in [2.45, 2.75) is 24.7 Å². The van der Waals surface area contributed by atoms with Gasteiger partial charge in [0.05, 0.1) is 5.41 Å². The third-order valence-corrected chi connectivity index (χ3v) is 10.1. The summed E-state index contributed by atoms with van der Waals surface area (Å²) in [5.74, 6) is 0. The van der Waals surface area contributed by atoms with E-state index in [1.165, 1.54) is 77.2 Å². The molecule has 0 saturated heterocycles. The highest BCUT2D eigenvalue weighted by Crippen LogP contribution is 2.57. The predicted molar refractivity (Wildman–Crippen MR) is 176 cm³/mol. The normalized spacial score (nSPS) is 15.3. The molecule has 0 radical (unpaired) electrons. The maximum atomic E-state index is 2.48. The summed E-state index contributed by atoms with van der Waals surface area (Å²) in [5.41, 5.74) is 12.9. The lowest BCUT2D eigenvalue weighted by Crippen LogP contribution is -2.28. The molecule has 0 unspecified atom stereocenters. The van der Waals surface area contributed by atoms with Gasteiger partial charge in [0.15, 0.2) is 0 Å². The summed E-state index contributed by atoms with van der Waals surface area (Å²) in [7, 11) is 0. The van der Waals surface area contributed by atoms with Gasteiger partial charge in [-0.05, 0) is 95.4 Å². The van der Waals surface area contributed by atoms with Crippen molar-refractivity contribution in [2.24, 2.45) is 0 Å². The van der Waals surface area contributed by atoms with Crippen molar-refractivity contribution in [2.75, 3.05) is 0 Å². The first-order valence-electron chi connectivity index (χ1n) is 14.9. The van der Waals surface area contributed by atoms with Crippen molar-refractivity contribution < 1.29 is 0 Å². The number of rotatable bonds is 3. The molecular weight excluding hydrogens is 504 g/mol. The van der Waals surface area contributed by atoms with Crippen LogP contribution in [0, 0.1) is 0 Å². The quantitative estimate of drug-likeness (QED) is 0.198. The minimum absolute atomic E-state index is 0.0394. The second-order valence-electron chi connectivity index (χ2n) is 12.5. The molecule has 0 aliphatic heterocycles. The second-order valence-corrected chi connectivity index (χ2v) is 12.5. The van der Waals surface area contributed by atoms with Gasteiger partial charge in [-0.15, -0.1) is 0 Å². The summed E-state index contributed by atoms with van der Waals surface area (Å²) in [5, 5.41) is 5.52. The number of fused-ring (bicyclic) bond motifs is 3. The van der Waals surface area contributed by atoms with Crippen LogP contribution in [0.4, 0.5) is 0 Å². The molecule has 0 N–H and O–H groups in total. The first-order valence-corrected chi connectivity index (χ1v) is 14.9. The molecule has 7 aromatic carbocycles. The Labute approximate surface area is 246 Å². The van der Waals surface area contributed by atoms with Crippen molar-refractivity contribution in [3.63, 3.8) is 0 Å². The molecule has 0 spiro atoms. The van der Waals surface area contributed by atoms with Crippen LogP contribution >= 0.6 is 0 Å². The highest BCUT2D eigenvalue weighted by Gasteiger charge is 2.46. The van der Waals surface area contributed by atoms with Gasteiger partial charge in [-0.2, -0.15) is 0 Å². The maximum Gasteiger partial charge on any atom is 0.0713 e. The van der Waals surface area contributed by atoms with Gasteiger partial charge in [0.1, 0.15) is 0 Å². The van der Waals surface area contributed by atoms with E-state index >= 15 is 0 Å². The highest BCUT2D eigenvalue weighted by atomic mass is 14.5. The van der Waals surface area contributed by atoms with E-state index < -0.39 is 0 Å². The summed E-state index contributed by atoms with van der Waals surface area (Å²) in [4.78, 5) is 0. The van der Waals surface area contributed by atoms with Gasteiger partial charge in [0.2, 0.25) is 0 Å². The minimum Gasteiger partial charge on any atom is -0.0622 e. The summed E-state index contributed by atoms with van der Waals surface area (Å²) < 4.78 is 0. The lowest BCUT2D eigenvalue weighted by molar-refractivity contribution is 0.663. The number of hydrogen-bond donors (Lipinski definition) is 0. The van der Waals surface area contributed by atoms with Gasteiger partial charge >= 0.3 is 0 Å². The first kappa shape index (κ1) is 23.7. The van der Waals surface area contributed by atoms with Crippen molar-refractivity contribution >= 4 is 21.5 Å². The molecule has 2 aliphatic rings. The van der Waals surface area contributed by atoms with Gasteiger partial charge in [-0.3, -0.25) is 0 Å². The Morgan fingerprint density at radius 1 is 0.381 bits per heavy atom. The van der Waals surface area contributed by atoms with Crippen LogP contribution < -0.4 is 0 Å². The zero-order valence-corrected chi connectivity index (χ0v) is 23.9. The van der Waals surface area contributed by atoms with E-state index in [9.17, 15) is 0 Å². The molecule has 0 fully saturated rings. The van der Waals surface area contributed by atoms with Crippen LogP contribution in [0.5, 0.6) is 0 Å². The van der Waals surface area contributed by atoms with Gasteiger partial charge in [0, 0.05) is 5.41 Å². The molecule has 0 atom stereocenters. The zero-order valence-electron chi connectivity index (χ0n) is 23.9. The van der Waals surface area contributed by atoms with Crippen LogP contribution in [-0.2, 0) is 10.8 Å². The molecule has 0 aromatic heterocycles. The lowest BCUT2D eigenvalue weighted by Gasteiger charge is -2.34. The average Bonchev–Trinajstić information content (AvgIpc) is 3.47. The van der Waals surface area contributed by atoms with E-state index in [0.29, 0.717) is 0 Å². The minimum atomic E-state index is -0.389. The van der Waals surface area contributed by atoms with Gasteiger partial charge in [0.25, 0.3) is 0 Å². The summed E-state index contributed by atoms with van der Waals surface area (Å²) in [6.45, 7) is 4.77. The van der Waals surface area contributed by atoms with Crippen LogP contribution in [-0.4, -0.2) is 0 Å². The summed E-state index contributed by atoms with van der Waals surface area (Å²) >= 11 is 0. The van der Waals surface area contributed by atoms with Crippen molar-refractivity contribution in [3.8, 4) is 22.3 Å². The van der Waals surface area contributed by atoms with E-state index in [1.54, 1.807) is 0 Å². The average molecular weight is 535 g/mol. The molecule has 198 valence electrons. The van der Waals surface area contributed by atoms with Crippen molar-refractivity contribution in [1.29, 1.82) is 0 Å². The SMILES string of the molecule is CC1(C)c2cccc3ccc4cc(-c5ccc6c(c5)C(c5ccccc5)(c5ccccc5)c5ccccc5-6)cc1c4c23. The Morgan fingerprint density at radius 3 is 1.74 bits per heavy atom. The molecule has 0 saturated carbocycles. The smallest absolute Gasteiger partial charge is 0.0622 e. The standard InChI is InChI=1S/C42H30/c1-41(2)36-19-11-12-27-20-21-29-24-30(26-38(41)40(29)39(27)36)28-22-23-34-33-17-9-10-18-35(33)42(37(34)25-28,31-13-5-3-6-14-31)32-15-7-4-8-16-32/h3-26H,1-2H3. The number of benzene rings is 7. The predicted octanol–water partition coefficient (Wildman–Crippen LogP) is 10.7. The third-order valence-electron chi connectivity index (χ3n) is 10.1. The third kappa shape index (κ3) is 2.92. The van der Waals surface area contributed by atoms with Gasteiger partial charge in [-0.25, -0.2) is 0 Å². The molecule has 42 heavy (non-hydrogen) atoms. The van der Waals surface area contributed by atoms with Crippen LogP contribution in [0.1, 0.15) is 47.2 Å². The topological polar surface area (TPSA) is 0 Å². The van der Waals surface area contributed by atoms with E-state index in [0.717, 1.165) is 0 Å². The molecule has 0 heteroatoms. The van der Waals surface area contributed by atoms with E-state index in [4.69, 9.17) is 0 Å². The number of hydrogen-bond acceptors (Lipinski definition) is 0. The fraction of sp³-hybridized carbons (Fsp3) is 0.0952. The molecule has 2 aliphatic carbocycles. The van der Waals surface area contributed by atoms with Crippen molar-refractivity contribution in [3.05, 3.63) is 179 Å². The molecule has 0 amide bonds. The molecular formula is C42H30. The lowest BCUT2D eigenvalue weighted by atomic mass is 9.67. The second kappa shape index (κ2) is 8.30. The fourth-order valence-electron chi connectivity index (χ4n) is 8.19. The Kier molecular flexibility index (Phi) is 4.69. The molecule has 0 heterocycles. The van der Waals surface area contributed by atoms with Crippen LogP contribution in [0.25, 0.3) is 43.8 Å². The molecule has 7 aromatic rings. The molecule has 0 nitrogen and oxygen atoms in total. The zero-order chi connectivity index (χ0) is 28.1. The Bertz CT molecular complexity index is 2160. The molecule has 0 bridgehead atoms. The Hall–Kier alpha value is -4.94. The first-order chi connectivity index (χ1) is 20.6. The summed E-state index contributed by atoms with van der Waals surface area (Å²) in [6, 6.07) is 54.6. The van der Waals surface area contributed by atoms with E-state index in [-0.39, 0.29) is 10.8 Å². The Balaban J connectivity index is 1.34. The van der Waals surface area contributed by atoms with Crippen LogP contribution in [0.2, 0.25) is 0 Å². The van der Waals surface area contributed by atoms with Crippen LogP contribution in [0.3, 0.4) is 0 Å². The van der Waals surface area contributed by atoms with Gasteiger partial charge < -0.3 is 0 Å². The van der Waals surface area contributed by atoms with E-state index in [2.05, 4.69) is 159 Å². The monoisotopic (exact) mass is 534 g/mol. The van der Waals surface area contributed by atoms with Gasteiger partial charge in [-0.1, -0.05) is 141 Å². The molecule has 9 rings (SSSR count). The fourth-order valence-corrected chi connectivity index (χ4v) is 8.19.